The Bertz CT molecular complexity index is 504. The van der Waals surface area contributed by atoms with Crippen LogP contribution < -0.4 is 5.73 Å². The Kier molecular flexibility index (Phi) is 4.40. The molecule has 0 amide bonds. The molecule has 0 aliphatic carbocycles. The van der Waals surface area contributed by atoms with Crippen molar-refractivity contribution in [2.45, 2.75) is 39.0 Å². The Labute approximate surface area is 114 Å². The van der Waals surface area contributed by atoms with Crippen LogP contribution in [-0.2, 0) is 4.74 Å². The van der Waals surface area contributed by atoms with Gasteiger partial charge in [0.2, 0.25) is 0 Å². The zero-order valence-electron chi connectivity index (χ0n) is 11.7. The Balaban J connectivity index is 2.13. The normalized spacial score (nSPS) is 16.0. The molecule has 0 bridgehead atoms. The number of hydrogen-bond acceptors (Lipinski definition) is 3. The van der Waals surface area contributed by atoms with Crippen LogP contribution in [0.2, 0.25) is 0 Å². The molecule has 0 aliphatic rings. The standard InChI is InChI=1S/C16H21NO2/c1-11-9-10-15(18-11)16(12(2)17)19-13(3)14-7-5-4-6-8-14/h4-10,12-13,16H,17H2,1-3H3. The molecule has 2 rings (SSSR count). The molecule has 3 heteroatoms. The summed E-state index contributed by atoms with van der Waals surface area (Å²) in [6.45, 7) is 5.88. The van der Waals surface area contributed by atoms with Crippen LogP contribution >= 0.6 is 0 Å². The van der Waals surface area contributed by atoms with E-state index in [-0.39, 0.29) is 18.2 Å². The summed E-state index contributed by atoms with van der Waals surface area (Å²) < 4.78 is 11.7. The van der Waals surface area contributed by atoms with Gasteiger partial charge in [-0.1, -0.05) is 30.3 Å². The van der Waals surface area contributed by atoms with Crippen LogP contribution in [0, 0.1) is 6.92 Å². The molecule has 1 aromatic carbocycles. The molecule has 19 heavy (non-hydrogen) atoms. The van der Waals surface area contributed by atoms with Crippen molar-refractivity contribution >= 4 is 0 Å². The van der Waals surface area contributed by atoms with E-state index in [9.17, 15) is 0 Å². The Morgan fingerprint density at radius 2 is 1.74 bits per heavy atom. The van der Waals surface area contributed by atoms with Gasteiger partial charge in [-0.3, -0.25) is 0 Å². The van der Waals surface area contributed by atoms with E-state index in [1.165, 1.54) is 0 Å². The second kappa shape index (κ2) is 6.04. The van der Waals surface area contributed by atoms with Crippen LogP contribution in [0.15, 0.2) is 46.9 Å². The van der Waals surface area contributed by atoms with Crippen molar-refractivity contribution in [3.63, 3.8) is 0 Å². The second-order valence-corrected chi connectivity index (χ2v) is 4.92. The monoisotopic (exact) mass is 259 g/mol. The highest BCUT2D eigenvalue weighted by atomic mass is 16.5. The molecule has 2 aromatic rings. The molecular weight excluding hydrogens is 238 g/mol. The molecule has 2 N–H and O–H groups in total. The molecule has 0 aliphatic heterocycles. The minimum Gasteiger partial charge on any atom is -0.464 e. The summed E-state index contributed by atoms with van der Waals surface area (Å²) in [6.07, 6.45) is -0.258. The summed E-state index contributed by atoms with van der Waals surface area (Å²) in [4.78, 5) is 0. The minimum absolute atomic E-state index is 0.0254. The Hall–Kier alpha value is -1.58. The number of nitrogens with two attached hydrogens (primary N) is 1. The largest absolute Gasteiger partial charge is 0.464 e. The van der Waals surface area contributed by atoms with Gasteiger partial charge in [0.15, 0.2) is 0 Å². The van der Waals surface area contributed by atoms with E-state index in [0.717, 1.165) is 17.1 Å². The zero-order chi connectivity index (χ0) is 13.8. The topological polar surface area (TPSA) is 48.4 Å². The van der Waals surface area contributed by atoms with Crippen molar-refractivity contribution in [2.75, 3.05) is 0 Å². The van der Waals surface area contributed by atoms with E-state index in [1.54, 1.807) is 0 Å². The maximum Gasteiger partial charge on any atom is 0.134 e. The third-order valence-corrected chi connectivity index (χ3v) is 3.14. The molecule has 0 saturated carbocycles. The summed E-state index contributed by atoms with van der Waals surface area (Å²) in [5.74, 6) is 1.66. The van der Waals surface area contributed by atoms with E-state index in [4.69, 9.17) is 14.9 Å². The molecule has 1 aromatic heterocycles. The van der Waals surface area contributed by atoms with Gasteiger partial charge in [-0.25, -0.2) is 0 Å². The molecule has 0 spiro atoms. The summed E-state index contributed by atoms with van der Waals surface area (Å²) in [6, 6.07) is 13.8. The zero-order valence-corrected chi connectivity index (χ0v) is 11.7. The van der Waals surface area contributed by atoms with Crippen LogP contribution in [0.3, 0.4) is 0 Å². The van der Waals surface area contributed by atoms with E-state index < -0.39 is 0 Å². The van der Waals surface area contributed by atoms with Crippen molar-refractivity contribution in [2.24, 2.45) is 5.73 Å². The van der Waals surface area contributed by atoms with E-state index >= 15 is 0 Å². The lowest BCUT2D eigenvalue weighted by molar-refractivity contribution is -0.0278. The first-order valence-corrected chi connectivity index (χ1v) is 6.60. The molecular formula is C16H21NO2. The van der Waals surface area contributed by atoms with Gasteiger partial charge in [0, 0.05) is 6.04 Å². The average Bonchev–Trinajstić information content (AvgIpc) is 2.82. The molecule has 0 saturated heterocycles. The van der Waals surface area contributed by atoms with Gasteiger partial charge >= 0.3 is 0 Å². The molecule has 0 fully saturated rings. The van der Waals surface area contributed by atoms with Gasteiger partial charge < -0.3 is 14.9 Å². The van der Waals surface area contributed by atoms with Gasteiger partial charge in [-0.2, -0.15) is 0 Å². The summed E-state index contributed by atoms with van der Waals surface area (Å²) in [7, 11) is 0. The number of aryl methyl sites for hydroxylation is 1. The van der Waals surface area contributed by atoms with Gasteiger partial charge in [0.05, 0.1) is 6.10 Å². The van der Waals surface area contributed by atoms with E-state index in [1.807, 2.05) is 51.1 Å². The maximum absolute atomic E-state index is 6.08. The smallest absolute Gasteiger partial charge is 0.134 e. The lowest BCUT2D eigenvalue weighted by Crippen LogP contribution is -2.27. The van der Waals surface area contributed by atoms with Crippen LogP contribution in [0.5, 0.6) is 0 Å². The lowest BCUT2D eigenvalue weighted by Gasteiger charge is -2.24. The molecule has 0 radical (unpaired) electrons. The number of ether oxygens (including phenoxy) is 1. The minimum atomic E-state index is -0.232. The highest BCUT2D eigenvalue weighted by molar-refractivity contribution is 5.17. The Morgan fingerprint density at radius 1 is 1.05 bits per heavy atom. The SMILES string of the molecule is Cc1ccc(C(OC(C)c2ccccc2)C(C)N)o1. The molecule has 3 atom stereocenters. The molecule has 1 heterocycles. The number of benzene rings is 1. The van der Waals surface area contributed by atoms with Crippen molar-refractivity contribution < 1.29 is 9.15 Å². The maximum atomic E-state index is 6.08. The fraction of sp³-hybridized carbons (Fsp3) is 0.375. The third kappa shape index (κ3) is 3.46. The second-order valence-electron chi connectivity index (χ2n) is 4.92. The van der Waals surface area contributed by atoms with Crippen molar-refractivity contribution in [1.82, 2.24) is 0 Å². The first-order valence-electron chi connectivity index (χ1n) is 6.60. The lowest BCUT2D eigenvalue weighted by atomic mass is 10.1. The van der Waals surface area contributed by atoms with Crippen molar-refractivity contribution in [3.05, 3.63) is 59.5 Å². The number of rotatable bonds is 5. The molecule has 102 valence electrons. The third-order valence-electron chi connectivity index (χ3n) is 3.14. The van der Waals surface area contributed by atoms with Gasteiger partial charge in [-0.15, -0.1) is 0 Å². The summed E-state index contributed by atoms with van der Waals surface area (Å²) in [5, 5.41) is 0. The van der Waals surface area contributed by atoms with Crippen LogP contribution in [0.1, 0.15) is 43.1 Å². The number of hydrogen-bond donors (Lipinski definition) is 1. The number of furan rings is 1. The van der Waals surface area contributed by atoms with Crippen LogP contribution in [0.25, 0.3) is 0 Å². The highest BCUT2D eigenvalue weighted by Gasteiger charge is 2.23. The first kappa shape index (κ1) is 13.8. The fourth-order valence-corrected chi connectivity index (χ4v) is 2.08. The fourth-order valence-electron chi connectivity index (χ4n) is 2.08. The van der Waals surface area contributed by atoms with Crippen molar-refractivity contribution in [1.29, 1.82) is 0 Å². The van der Waals surface area contributed by atoms with Crippen LogP contribution in [-0.4, -0.2) is 6.04 Å². The molecule has 3 unspecified atom stereocenters. The van der Waals surface area contributed by atoms with Gasteiger partial charge in [0.25, 0.3) is 0 Å². The quantitative estimate of drug-likeness (QED) is 0.889. The molecule has 3 nitrogen and oxygen atoms in total. The van der Waals surface area contributed by atoms with Crippen molar-refractivity contribution in [3.8, 4) is 0 Å². The first-order chi connectivity index (χ1) is 9.08. The Morgan fingerprint density at radius 3 is 2.26 bits per heavy atom. The predicted octanol–water partition coefficient (Wildman–Crippen LogP) is 3.75. The summed E-state index contributed by atoms with van der Waals surface area (Å²) >= 11 is 0. The van der Waals surface area contributed by atoms with E-state index in [0.29, 0.717) is 0 Å². The average molecular weight is 259 g/mol. The van der Waals surface area contributed by atoms with E-state index in [2.05, 4.69) is 12.1 Å². The van der Waals surface area contributed by atoms with Gasteiger partial charge in [0.1, 0.15) is 17.6 Å². The predicted molar refractivity (Wildman–Crippen MR) is 75.8 cm³/mol. The summed E-state index contributed by atoms with van der Waals surface area (Å²) in [5.41, 5.74) is 7.15. The van der Waals surface area contributed by atoms with Crippen LogP contribution in [0.4, 0.5) is 0 Å². The van der Waals surface area contributed by atoms with Gasteiger partial charge in [-0.05, 0) is 38.5 Å². The highest BCUT2D eigenvalue weighted by Crippen LogP contribution is 2.29.